The summed E-state index contributed by atoms with van der Waals surface area (Å²) >= 11 is 0. The summed E-state index contributed by atoms with van der Waals surface area (Å²) in [5, 5.41) is 0. The number of rotatable bonds is 68. The minimum absolute atomic E-state index is 0.0625. The summed E-state index contributed by atoms with van der Waals surface area (Å²) in [4.78, 5) is 38.1. The van der Waals surface area contributed by atoms with E-state index in [1.807, 2.05) is 0 Å². The van der Waals surface area contributed by atoms with E-state index in [0.29, 0.717) is 19.3 Å². The third kappa shape index (κ3) is 66.8. The van der Waals surface area contributed by atoms with E-state index in [1.54, 1.807) is 0 Å². The van der Waals surface area contributed by atoms with Crippen LogP contribution >= 0.6 is 0 Å². The molecule has 0 heterocycles. The number of unbranched alkanes of at least 4 members (excludes halogenated alkanes) is 55. The molecular weight excluding hydrogens is 973 g/mol. The lowest BCUT2D eigenvalue weighted by Crippen LogP contribution is -2.30. The monoisotopic (exact) mass is 1110 g/mol. The van der Waals surface area contributed by atoms with E-state index in [0.717, 1.165) is 57.8 Å². The van der Waals surface area contributed by atoms with Crippen LogP contribution in [0.2, 0.25) is 0 Å². The average molecular weight is 1110 g/mol. The molecule has 0 amide bonds. The molecule has 0 N–H and O–H groups in total. The molecule has 0 spiro atoms. The lowest BCUT2D eigenvalue weighted by Gasteiger charge is -2.18. The smallest absolute Gasteiger partial charge is 0.306 e. The van der Waals surface area contributed by atoms with Gasteiger partial charge in [-0.3, -0.25) is 14.4 Å². The molecule has 0 aromatic rings. The number of allylic oxidation sites excluding steroid dienone is 2. The molecule has 0 aromatic heterocycles. The third-order valence-electron chi connectivity index (χ3n) is 16.8. The third-order valence-corrected chi connectivity index (χ3v) is 16.8. The van der Waals surface area contributed by atoms with Crippen molar-refractivity contribution in [2.24, 2.45) is 0 Å². The zero-order chi connectivity index (χ0) is 57.1. The largest absolute Gasteiger partial charge is 0.462 e. The van der Waals surface area contributed by atoms with Crippen molar-refractivity contribution in [3.8, 4) is 0 Å². The number of hydrogen-bond acceptors (Lipinski definition) is 6. The quantitative estimate of drug-likeness (QED) is 0.0261. The minimum Gasteiger partial charge on any atom is -0.462 e. The Morgan fingerprint density at radius 2 is 0.418 bits per heavy atom. The Labute approximate surface area is 494 Å². The van der Waals surface area contributed by atoms with Crippen LogP contribution in [-0.4, -0.2) is 37.2 Å². The average Bonchev–Trinajstić information content (AvgIpc) is 3.45. The topological polar surface area (TPSA) is 78.9 Å². The maximum Gasteiger partial charge on any atom is 0.306 e. The molecule has 0 radical (unpaired) electrons. The molecule has 1 atom stereocenters. The molecule has 6 heteroatoms. The van der Waals surface area contributed by atoms with Crippen molar-refractivity contribution in [2.75, 3.05) is 13.2 Å². The van der Waals surface area contributed by atoms with Crippen molar-refractivity contribution < 1.29 is 28.6 Å². The molecule has 468 valence electrons. The van der Waals surface area contributed by atoms with Gasteiger partial charge in [0.15, 0.2) is 6.10 Å². The number of ether oxygens (including phenoxy) is 3. The first-order chi connectivity index (χ1) is 39.0. The second-order valence-electron chi connectivity index (χ2n) is 24.9. The Kier molecular flexibility index (Phi) is 67.0. The SMILES string of the molecule is CCCCCCCCCC/C=C\CCCCCCCCCCCCCCCCCCCCCCCCCC(=O)OCC(COC(=O)CCCCCCCCC)OC(=O)CCCCCCCCCCCCCCCCCCCCC. The maximum atomic E-state index is 12.9. The fourth-order valence-electron chi connectivity index (χ4n) is 11.3. The fraction of sp³-hybridized carbons (Fsp3) is 0.932. The predicted molar refractivity (Wildman–Crippen MR) is 344 cm³/mol. The highest BCUT2D eigenvalue weighted by Crippen LogP contribution is 2.19. The van der Waals surface area contributed by atoms with Crippen LogP contribution in [0.4, 0.5) is 0 Å². The summed E-state index contributed by atoms with van der Waals surface area (Å²) in [6.45, 7) is 6.68. The molecule has 0 fully saturated rings. The molecule has 0 aliphatic rings. The van der Waals surface area contributed by atoms with Gasteiger partial charge in [-0.05, 0) is 44.9 Å². The summed E-state index contributed by atoms with van der Waals surface area (Å²) in [6, 6.07) is 0. The van der Waals surface area contributed by atoms with Crippen molar-refractivity contribution in [3.05, 3.63) is 12.2 Å². The van der Waals surface area contributed by atoms with Crippen LogP contribution in [0.25, 0.3) is 0 Å². The van der Waals surface area contributed by atoms with Gasteiger partial charge in [0, 0.05) is 19.3 Å². The standard InChI is InChI=1S/C73H140O6/c1-4-7-10-13-16-18-20-22-24-26-28-29-30-31-32-33-34-35-36-37-38-39-40-41-42-43-45-46-48-50-52-54-57-60-63-66-72(75)78-69-70(68-77-71(74)65-62-59-56-15-12-9-6-3)79-73(76)67-64-61-58-55-53-51-49-47-44-27-25-23-21-19-17-14-11-8-5-2/h26,28,70H,4-25,27,29-69H2,1-3H3/b28-26-. The molecule has 1 unspecified atom stereocenters. The van der Waals surface area contributed by atoms with E-state index in [1.165, 1.54) is 321 Å². The highest BCUT2D eigenvalue weighted by molar-refractivity contribution is 5.71. The molecule has 6 nitrogen and oxygen atoms in total. The van der Waals surface area contributed by atoms with Gasteiger partial charge in [-0.2, -0.15) is 0 Å². The van der Waals surface area contributed by atoms with Crippen LogP contribution < -0.4 is 0 Å². The zero-order valence-corrected chi connectivity index (χ0v) is 53.9. The van der Waals surface area contributed by atoms with E-state index < -0.39 is 6.10 Å². The van der Waals surface area contributed by atoms with Gasteiger partial charge >= 0.3 is 17.9 Å². The van der Waals surface area contributed by atoms with Crippen LogP contribution in [0.5, 0.6) is 0 Å². The lowest BCUT2D eigenvalue weighted by molar-refractivity contribution is -0.167. The number of esters is 3. The molecule has 0 aliphatic heterocycles. The molecule has 0 aliphatic carbocycles. The normalized spacial score (nSPS) is 12.0. The van der Waals surface area contributed by atoms with Gasteiger partial charge in [-0.25, -0.2) is 0 Å². The summed E-state index contributed by atoms with van der Waals surface area (Å²) in [7, 11) is 0. The first kappa shape index (κ1) is 77.2. The van der Waals surface area contributed by atoms with Crippen LogP contribution in [-0.2, 0) is 28.6 Å². The first-order valence-electron chi connectivity index (χ1n) is 36.2. The Hall–Kier alpha value is -1.85. The van der Waals surface area contributed by atoms with Crippen LogP contribution in [0.1, 0.15) is 419 Å². The van der Waals surface area contributed by atoms with E-state index in [-0.39, 0.29) is 31.1 Å². The Morgan fingerprint density at radius 1 is 0.241 bits per heavy atom. The predicted octanol–water partition coefficient (Wildman–Crippen LogP) is 24.8. The number of carbonyl (C=O) groups is 3. The fourth-order valence-corrected chi connectivity index (χ4v) is 11.3. The Bertz CT molecular complexity index is 1230. The van der Waals surface area contributed by atoms with Crippen LogP contribution in [0.3, 0.4) is 0 Å². The number of hydrogen-bond donors (Lipinski definition) is 0. The van der Waals surface area contributed by atoms with Gasteiger partial charge in [-0.15, -0.1) is 0 Å². The van der Waals surface area contributed by atoms with Crippen molar-refractivity contribution in [1.29, 1.82) is 0 Å². The zero-order valence-electron chi connectivity index (χ0n) is 53.9. The molecule has 0 aromatic carbocycles. The van der Waals surface area contributed by atoms with E-state index >= 15 is 0 Å². The molecule has 0 bridgehead atoms. The Morgan fingerprint density at radius 3 is 0.633 bits per heavy atom. The molecular formula is C73H140O6. The summed E-state index contributed by atoms with van der Waals surface area (Å²) in [6.07, 6.45) is 83.0. The second kappa shape index (κ2) is 68.6. The molecule has 79 heavy (non-hydrogen) atoms. The van der Waals surface area contributed by atoms with Crippen molar-refractivity contribution in [3.63, 3.8) is 0 Å². The van der Waals surface area contributed by atoms with Gasteiger partial charge in [0.1, 0.15) is 13.2 Å². The maximum absolute atomic E-state index is 12.9. The van der Waals surface area contributed by atoms with Gasteiger partial charge in [0.05, 0.1) is 0 Å². The Balaban J connectivity index is 3.91. The van der Waals surface area contributed by atoms with E-state index in [9.17, 15) is 14.4 Å². The highest BCUT2D eigenvalue weighted by Gasteiger charge is 2.19. The number of carbonyl (C=O) groups excluding carboxylic acids is 3. The van der Waals surface area contributed by atoms with Crippen molar-refractivity contribution >= 4 is 17.9 Å². The van der Waals surface area contributed by atoms with Crippen molar-refractivity contribution in [2.45, 2.75) is 425 Å². The summed E-state index contributed by atoms with van der Waals surface area (Å²) in [5.74, 6) is -0.837. The molecule has 0 saturated heterocycles. The lowest BCUT2D eigenvalue weighted by atomic mass is 10.0. The van der Waals surface area contributed by atoms with E-state index in [4.69, 9.17) is 14.2 Å². The minimum atomic E-state index is -0.762. The van der Waals surface area contributed by atoms with Crippen LogP contribution in [0.15, 0.2) is 12.2 Å². The summed E-state index contributed by atoms with van der Waals surface area (Å²) in [5.41, 5.74) is 0. The first-order valence-corrected chi connectivity index (χ1v) is 36.2. The summed E-state index contributed by atoms with van der Waals surface area (Å²) < 4.78 is 16.9. The van der Waals surface area contributed by atoms with Crippen LogP contribution in [0, 0.1) is 0 Å². The van der Waals surface area contributed by atoms with E-state index in [2.05, 4.69) is 32.9 Å². The van der Waals surface area contributed by atoms with Gasteiger partial charge in [0.25, 0.3) is 0 Å². The van der Waals surface area contributed by atoms with Gasteiger partial charge in [-0.1, -0.05) is 367 Å². The van der Waals surface area contributed by atoms with Gasteiger partial charge < -0.3 is 14.2 Å². The molecule has 0 rings (SSSR count). The molecule has 0 saturated carbocycles. The van der Waals surface area contributed by atoms with Crippen molar-refractivity contribution in [1.82, 2.24) is 0 Å². The second-order valence-corrected chi connectivity index (χ2v) is 24.9. The van der Waals surface area contributed by atoms with Gasteiger partial charge in [0.2, 0.25) is 0 Å². The highest BCUT2D eigenvalue weighted by atomic mass is 16.6.